The fraction of sp³-hybridized carbons (Fsp3) is 0.438. The molecule has 1 aliphatic heterocycles. The minimum atomic E-state index is 0.154. The summed E-state index contributed by atoms with van der Waals surface area (Å²) in [4.78, 5) is 9.67. The van der Waals surface area contributed by atoms with Gasteiger partial charge in [-0.15, -0.1) is 0 Å². The summed E-state index contributed by atoms with van der Waals surface area (Å²) in [5.41, 5.74) is 3.61. The van der Waals surface area contributed by atoms with E-state index in [-0.39, 0.29) is 6.61 Å². The molecule has 5 heteroatoms. The first-order valence-electron chi connectivity index (χ1n) is 7.33. The largest absolute Gasteiger partial charge is 0.493 e. The number of imidazole rings is 1. The van der Waals surface area contributed by atoms with Crippen molar-refractivity contribution in [3.05, 3.63) is 47.0 Å². The molecule has 0 saturated carbocycles. The second-order valence-electron chi connectivity index (χ2n) is 5.47. The Kier molecular flexibility index (Phi) is 4.22. The van der Waals surface area contributed by atoms with Gasteiger partial charge in [0.15, 0.2) is 0 Å². The fourth-order valence-electron chi connectivity index (χ4n) is 2.74. The summed E-state index contributed by atoms with van der Waals surface area (Å²) < 4.78 is 5.54. The number of fused-ring (bicyclic) bond motifs is 1. The minimum absolute atomic E-state index is 0.154. The molecule has 0 bridgehead atoms. The van der Waals surface area contributed by atoms with Crippen LogP contribution >= 0.6 is 0 Å². The van der Waals surface area contributed by atoms with Gasteiger partial charge in [-0.25, -0.2) is 4.98 Å². The van der Waals surface area contributed by atoms with Gasteiger partial charge in [0, 0.05) is 37.9 Å². The Balaban J connectivity index is 1.69. The van der Waals surface area contributed by atoms with E-state index >= 15 is 0 Å². The molecular weight excluding hydrogens is 266 g/mol. The van der Waals surface area contributed by atoms with Gasteiger partial charge in [0.2, 0.25) is 0 Å². The predicted octanol–water partition coefficient (Wildman–Crippen LogP) is 1.65. The zero-order chi connectivity index (χ0) is 14.7. The summed E-state index contributed by atoms with van der Waals surface area (Å²) in [6.07, 6.45) is 2.85. The SMILES string of the molecule is Cc1ncc(CN(CCO)Cc2ccc3c(c2)CCO3)[nH]1. The van der Waals surface area contributed by atoms with E-state index in [1.54, 1.807) is 0 Å². The van der Waals surface area contributed by atoms with Gasteiger partial charge in [-0.05, 0) is 24.1 Å². The van der Waals surface area contributed by atoms with Crippen LogP contribution in [0.1, 0.15) is 22.6 Å². The number of aliphatic hydroxyl groups is 1. The van der Waals surface area contributed by atoms with Gasteiger partial charge in [0.1, 0.15) is 11.6 Å². The quantitative estimate of drug-likeness (QED) is 0.848. The summed E-state index contributed by atoms with van der Waals surface area (Å²) in [6.45, 7) is 5.10. The third kappa shape index (κ3) is 3.43. The molecule has 0 radical (unpaired) electrons. The molecular formula is C16H21N3O2. The Morgan fingerprint density at radius 2 is 2.29 bits per heavy atom. The first kappa shape index (κ1) is 14.1. The standard InChI is InChI=1S/C16H21N3O2/c1-12-17-9-15(18-12)11-19(5-6-20)10-13-2-3-16-14(8-13)4-7-21-16/h2-3,8-9,20H,4-7,10-11H2,1H3,(H,17,18). The second kappa shape index (κ2) is 6.28. The molecule has 0 saturated heterocycles. The van der Waals surface area contributed by atoms with Crippen LogP contribution < -0.4 is 4.74 Å². The van der Waals surface area contributed by atoms with E-state index < -0.39 is 0 Å². The van der Waals surface area contributed by atoms with Gasteiger partial charge in [0.25, 0.3) is 0 Å². The zero-order valence-electron chi connectivity index (χ0n) is 12.3. The number of aliphatic hydroxyl groups excluding tert-OH is 1. The number of aromatic amines is 1. The first-order chi connectivity index (χ1) is 10.2. The van der Waals surface area contributed by atoms with E-state index in [9.17, 15) is 5.11 Å². The lowest BCUT2D eigenvalue weighted by Crippen LogP contribution is -2.26. The number of rotatable bonds is 6. The van der Waals surface area contributed by atoms with E-state index in [0.717, 1.165) is 43.4 Å². The lowest BCUT2D eigenvalue weighted by Gasteiger charge is -2.21. The Hall–Kier alpha value is -1.85. The maximum atomic E-state index is 9.27. The van der Waals surface area contributed by atoms with Crippen LogP contribution in [0.25, 0.3) is 0 Å². The van der Waals surface area contributed by atoms with E-state index in [0.29, 0.717) is 6.54 Å². The van der Waals surface area contributed by atoms with Crippen LogP contribution in [0.3, 0.4) is 0 Å². The Bertz CT molecular complexity index is 609. The van der Waals surface area contributed by atoms with Crippen LogP contribution in [0.4, 0.5) is 0 Å². The number of hydrogen-bond donors (Lipinski definition) is 2. The van der Waals surface area contributed by atoms with Crippen LogP contribution in [0.5, 0.6) is 5.75 Å². The normalized spacial score (nSPS) is 13.5. The molecule has 0 unspecified atom stereocenters. The molecule has 112 valence electrons. The Morgan fingerprint density at radius 3 is 3.05 bits per heavy atom. The van der Waals surface area contributed by atoms with Crippen molar-refractivity contribution in [1.29, 1.82) is 0 Å². The average Bonchev–Trinajstić information content (AvgIpc) is 3.07. The van der Waals surface area contributed by atoms with Crippen molar-refractivity contribution in [3.63, 3.8) is 0 Å². The maximum Gasteiger partial charge on any atom is 0.122 e. The van der Waals surface area contributed by atoms with Crippen molar-refractivity contribution in [2.24, 2.45) is 0 Å². The summed E-state index contributed by atoms with van der Waals surface area (Å²) in [7, 11) is 0. The average molecular weight is 287 g/mol. The van der Waals surface area contributed by atoms with Crippen molar-refractivity contribution in [2.45, 2.75) is 26.4 Å². The van der Waals surface area contributed by atoms with Crippen molar-refractivity contribution in [2.75, 3.05) is 19.8 Å². The Labute approximate surface area is 124 Å². The Morgan fingerprint density at radius 1 is 1.38 bits per heavy atom. The van der Waals surface area contributed by atoms with E-state index in [4.69, 9.17) is 4.74 Å². The highest BCUT2D eigenvalue weighted by Gasteiger charge is 2.14. The molecule has 0 amide bonds. The highest BCUT2D eigenvalue weighted by Crippen LogP contribution is 2.26. The van der Waals surface area contributed by atoms with Crippen molar-refractivity contribution >= 4 is 0 Å². The number of nitrogens with zero attached hydrogens (tertiary/aromatic N) is 2. The molecule has 2 heterocycles. The van der Waals surface area contributed by atoms with Gasteiger partial charge < -0.3 is 14.8 Å². The molecule has 0 fully saturated rings. The fourth-order valence-corrected chi connectivity index (χ4v) is 2.74. The van der Waals surface area contributed by atoms with Crippen LogP contribution in [0.15, 0.2) is 24.4 Å². The van der Waals surface area contributed by atoms with Gasteiger partial charge in [-0.3, -0.25) is 4.90 Å². The van der Waals surface area contributed by atoms with Gasteiger partial charge >= 0.3 is 0 Å². The van der Waals surface area contributed by atoms with Gasteiger partial charge in [-0.1, -0.05) is 12.1 Å². The van der Waals surface area contributed by atoms with Crippen LogP contribution in [0.2, 0.25) is 0 Å². The van der Waals surface area contributed by atoms with Crippen molar-refractivity contribution in [1.82, 2.24) is 14.9 Å². The summed E-state index contributed by atoms with van der Waals surface area (Å²) >= 11 is 0. The number of aryl methyl sites for hydroxylation is 1. The first-order valence-corrected chi connectivity index (χ1v) is 7.33. The molecule has 0 atom stereocenters. The van der Waals surface area contributed by atoms with E-state index in [2.05, 4.69) is 33.1 Å². The minimum Gasteiger partial charge on any atom is -0.493 e. The van der Waals surface area contributed by atoms with Gasteiger partial charge in [-0.2, -0.15) is 0 Å². The lowest BCUT2D eigenvalue weighted by atomic mass is 10.1. The lowest BCUT2D eigenvalue weighted by molar-refractivity contribution is 0.183. The highest BCUT2D eigenvalue weighted by molar-refractivity contribution is 5.39. The maximum absolute atomic E-state index is 9.27. The number of nitrogens with one attached hydrogen (secondary N) is 1. The van der Waals surface area contributed by atoms with Crippen molar-refractivity contribution < 1.29 is 9.84 Å². The number of aromatic nitrogens is 2. The monoisotopic (exact) mass is 287 g/mol. The van der Waals surface area contributed by atoms with Crippen LogP contribution in [-0.2, 0) is 19.5 Å². The molecule has 2 aromatic rings. The predicted molar refractivity (Wildman–Crippen MR) is 80.2 cm³/mol. The molecule has 5 nitrogen and oxygen atoms in total. The van der Waals surface area contributed by atoms with Crippen LogP contribution in [0, 0.1) is 6.92 Å². The zero-order valence-corrected chi connectivity index (χ0v) is 12.3. The molecule has 2 N–H and O–H groups in total. The van der Waals surface area contributed by atoms with E-state index in [1.165, 1.54) is 11.1 Å². The topological polar surface area (TPSA) is 61.4 Å². The molecule has 1 aromatic heterocycles. The third-order valence-corrected chi connectivity index (χ3v) is 3.73. The molecule has 0 spiro atoms. The summed E-state index contributed by atoms with van der Waals surface area (Å²) in [5.74, 6) is 1.93. The van der Waals surface area contributed by atoms with Gasteiger partial charge in [0.05, 0.1) is 13.2 Å². The summed E-state index contributed by atoms with van der Waals surface area (Å²) in [5, 5.41) is 9.27. The second-order valence-corrected chi connectivity index (χ2v) is 5.47. The number of H-pyrrole nitrogens is 1. The number of ether oxygens (including phenoxy) is 1. The molecule has 0 aliphatic carbocycles. The molecule has 3 rings (SSSR count). The third-order valence-electron chi connectivity index (χ3n) is 3.73. The number of benzene rings is 1. The van der Waals surface area contributed by atoms with Crippen LogP contribution in [-0.4, -0.2) is 39.7 Å². The van der Waals surface area contributed by atoms with Crippen molar-refractivity contribution in [3.8, 4) is 5.75 Å². The van der Waals surface area contributed by atoms with E-state index in [1.807, 2.05) is 13.1 Å². The highest BCUT2D eigenvalue weighted by atomic mass is 16.5. The molecule has 1 aromatic carbocycles. The molecule has 21 heavy (non-hydrogen) atoms. The summed E-state index contributed by atoms with van der Waals surface area (Å²) in [6, 6.07) is 6.37. The number of hydrogen-bond acceptors (Lipinski definition) is 4. The smallest absolute Gasteiger partial charge is 0.122 e. The molecule has 1 aliphatic rings.